The first-order valence-electron chi connectivity index (χ1n) is 10.9. The summed E-state index contributed by atoms with van der Waals surface area (Å²) in [7, 11) is 1.35. The van der Waals surface area contributed by atoms with Crippen LogP contribution in [0.5, 0.6) is 5.75 Å². The van der Waals surface area contributed by atoms with Gasteiger partial charge in [-0.1, -0.05) is 56.9 Å². The van der Waals surface area contributed by atoms with Crippen LogP contribution in [0, 0.1) is 0 Å². The standard InChI is InChI=1S/C25H31N3O3/c1-3-4-5-6-7-16-31-22-14-12-20(13-15-22)23-18-26-24(28-23)21-10-8-19(9-11-21)17-27-25(29)30-2/h8-15,18H,3-7,16-17H2,1-2H3,(H,26,28)(H,27,29). The Morgan fingerprint density at radius 2 is 1.68 bits per heavy atom. The maximum atomic E-state index is 11.2. The molecule has 2 N–H and O–H groups in total. The first kappa shape index (κ1) is 22.4. The number of nitrogens with one attached hydrogen (secondary N) is 2. The van der Waals surface area contributed by atoms with Crippen LogP contribution in [-0.2, 0) is 11.3 Å². The number of carbonyl (C=O) groups is 1. The van der Waals surface area contributed by atoms with Gasteiger partial charge < -0.3 is 19.8 Å². The summed E-state index contributed by atoms with van der Waals surface area (Å²) < 4.78 is 10.4. The second-order valence-electron chi connectivity index (χ2n) is 7.47. The van der Waals surface area contributed by atoms with Crippen LogP contribution >= 0.6 is 0 Å². The highest BCUT2D eigenvalue weighted by atomic mass is 16.5. The smallest absolute Gasteiger partial charge is 0.407 e. The number of imidazole rings is 1. The van der Waals surface area contributed by atoms with Crippen molar-refractivity contribution >= 4 is 6.09 Å². The third-order valence-corrected chi connectivity index (χ3v) is 5.11. The van der Waals surface area contributed by atoms with E-state index in [0.29, 0.717) is 6.54 Å². The molecule has 3 rings (SSSR count). The summed E-state index contributed by atoms with van der Waals surface area (Å²) in [5.41, 5.74) is 3.99. The third kappa shape index (κ3) is 6.88. The molecule has 0 spiro atoms. The highest BCUT2D eigenvalue weighted by Gasteiger charge is 2.07. The molecule has 6 heteroatoms. The zero-order chi connectivity index (χ0) is 21.9. The molecule has 0 bridgehead atoms. The first-order valence-corrected chi connectivity index (χ1v) is 10.9. The number of amides is 1. The van der Waals surface area contributed by atoms with Gasteiger partial charge in [0.1, 0.15) is 11.6 Å². The van der Waals surface area contributed by atoms with Gasteiger partial charge >= 0.3 is 6.09 Å². The summed E-state index contributed by atoms with van der Waals surface area (Å²) in [6.45, 7) is 3.41. The van der Waals surface area contributed by atoms with Crippen LogP contribution in [0.4, 0.5) is 4.79 Å². The summed E-state index contributed by atoms with van der Waals surface area (Å²) >= 11 is 0. The van der Waals surface area contributed by atoms with Crippen molar-refractivity contribution in [3.8, 4) is 28.4 Å². The van der Waals surface area contributed by atoms with E-state index in [4.69, 9.17) is 4.74 Å². The van der Waals surface area contributed by atoms with Gasteiger partial charge in [-0.2, -0.15) is 0 Å². The lowest BCUT2D eigenvalue weighted by molar-refractivity contribution is 0.170. The molecule has 6 nitrogen and oxygen atoms in total. The van der Waals surface area contributed by atoms with Gasteiger partial charge in [-0.15, -0.1) is 0 Å². The first-order chi connectivity index (χ1) is 15.2. The molecule has 0 radical (unpaired) electrons. The van der Waals surface area contributed by atoms with Crippen molar-refractivity contribution in [2.75, 3.05) is 13.7 Å². The SMILES string of the molecule is CCCCCCCOc1ccc(-c2cnc(-c3ccc(CNC(=O)OC)cc3)[nH]2)cc1. The highest BCUT2D eigenvalue weighted by Crippen LogP contribution is 2.24. The van der Waals surface area contributed by atoms with Crippen molar-refractivity contribution in [2.24, 2.45) is 0 Å². The molecule has 0 aliphatic rings. The lowest BCUT2D eigenvalue weighted by Crippen LogP contribution is -2.22. The minimum atomic E-state index is -0.442. The number of methoxy groups -OCH3 is 1. The molecular weight excluding hydrogens is 390 g/mol. The van der Waals surface area contributed by atoms with Crippen molar-refractivity contribution in [1.82, 2.24) is 15.3 Å². The molecule has 2 aromatic carbocycles. The molecule has 164 valence electrons. The fourth-order valence-corrected chi connectivity index (χ4v) is 3.27. The van der Waals surface area contributed by atoms with Crippen LogP contribution < -0.4 is 10.1 Å². The second kappa shape index (κ2) is 11.8. The Kier molecular flexibility index (Phi) is 8.52. The van der Waals surface area contributed by atoms with Gasteiger partial charge in [0.2, 0.25) is 0 Å². The van der Waals surface area contributed by atoms with Gasteiger partial charge in [0, 0.05) is 12.1 Å². The number of carbonyl (C=O) groups excluding carboxylic acids is 1. The van der Waals surface area contributed by atoms with Crippen molar-refractivity contribution in [1.29, 1.82) is 0 Å². The van der Waals surface area contributed by atoms with Gasteiger partial charge in [-0.3, -0.25) is 0 Å². The number of unbranched alkanes of at least 4 members (excludes halogenated alkanes) is 4. The van der Waals surface area contributed by atoms with Gasteiger partial charge in [0.05, 0.1) is 25.6 Å². The van der Waals surface area contributed by atoms with Gasteiger partial charge in [-0.25, -0.2) is 9.78 Å². The minimum absolute atomic E-state index is 0.420. The highest BCUT2D eigenvalue weighted by molar-refractivity contribution is 5.67. The quantitative estimate of drug-likeness (QED) is 0.375. The lowest BCUT2D eigenvalue weighted by Gasteiger charge is -2.07. The van der Waals surface area contributed by atoms with E-state index in [1.165, 1.54) is 32.8 Å². The Hall–Kier alpha value is -3.28. The third-order valence-electron chi connectivity index (χ3n) is 5.11. The zero-order valence-electron chi connectivity index (χ0n) is 18.3. The molecular formula is C25H31N3O3. The molecule has 31 heavy (non-hydrogen) atoms. The summed E-state index contributed by atoms with van der Waals surface area (Å²) in [5.74, 6) is 1.70. The van der Waals surface area contributed by atoms with E-state index < -0.39 is 6.09 Å². The predicted molar refractivity (Wildman–Crippen MR) is 123 cm³/mol. The van der Waals surface area contributed by atoms with Gasteiger partial charge in [-0.05, 0) is 41.8 Å². The fraction of sp³-hybridized carbons (Fsp3) is 0.360. The van der Waals surface area contributed by atoms with Crippen LogP contribution in [0.15, 0.2) is 54.7 Å². The Morgan fingerprint density at radius 3 is 2.39 bits per heavy atom. The number of hydrogen-bond donors (Lipinski definition) is 2. The molecule has 0 saturated heterocycles. The summed E-state index contributed by atoms with van der Waals surface area (Å²) in [6, 6.07) is 16.0. The van der Waals surface area contributed by atoms with Crippen molar-refractivity contribution in [2.45, 2.75) is 45.6 Å². The average Bonchev–Trinajstić information content (AvgIpc) is 3.31. The summed E-state index contributed by atoms with van der Waals surface area (Å²) in [6.07, 6.45) is 7.58. The number of ether oxygens (including phenoxy) is 2. The molecule has 0 unspecified atom stereocenters. The predicted octanol–water partition coefficient (Wildman–Crippen LogP) is 5.95. The largest absolute Gasteiger partial charge is 0.494 e. The van der Waals surface area contributed by atoms with Crippen LogP contribution in [0.3, 0.4) is 0 Å². The number of H-pyrrole nitrogens is 1. The van der Waals surface area contributed by atoms with Crippen LogP contribution in [0.2, 0.25) is 0 Å². The van der Waals surface area contributed by atoms with E-state index in [2.05, 4.69) is 26.9 Å². The number of aromatic amines is 1. The van der Waals surface area contributed by atoms with E-state index in [9.17, 15) is 4.79 Å². The number of benzene rings is 2. The molecule has 1 aromatic heterocycles. The zero-order valence-corrected chi connectivity index (χ0v) is 18.3. The Labute approximate surface area is 184 Å². The average molecular weight is 422 g/mol. The Balaban J connectivity index is 1.53. The van der Waals surface area contributed by atoms with Crippen molar-refractivity contribution < 1.29 is 14.3 Å². The van der Waals surface area contributed by atoms with E-state index in [1.807, 2.05) is 54.7 Å². The van der Waals surface area contributed by atoms with Gasteiger partial charge in [0.25, 0.3) is 0 Å². The van der Waals surface area contributed by atoms with Gasteiger partial charge in [0.15, 0.2) is 0 Å². The number of hydrogen-bond acceptors (Lipinski definition) is 4. The van der Waals surface area contributed by atoms with E-state index in [0.717, 1.165) is 47.0 Å². The lowest BCUT2D eigenvalue weighted by atomic mass is 10.1. The number of rotatable bonds is 11. The monoisotopic (exact) mass is 421 g/mol. The van der Waals surface area contributed by atoms with Crippen LogP contribution in [0.1, 0.15) is 44.6 Å². The number of nitrogens with zero attached hydrogens (tertiary/aromatic N) is 1. The molecule has 0 aliphatic heterocycles. The Morgan fingerprint density at radius 1 is 0.968 bits per heavy atom. The summed E-state index contributed by atoms with van der Waals surface area (Å²) in [5, 5.41) is 2.67. The van der Waals surface area contributed by atoms with Crippen LogP contribution in [0.25, 0.3) is 22.6 Å². The fourth-order valence-electron chi connectivity index (χ4n) is 3.27. The molecule has 0 aliphatic carbocycles. The minimum Gasteiger partial charge on any atom is -0.494 e. The topological polar surface area (TPSA) is 76.2 Å². The molecule has 0 atom stereocenters. The maximum Gasteiger partial charge on any atom is 0.407 e. The molecule has 1 amide bonds. The molecule has 1 heterocycles. The van der Waals surface area contributed by atoms with E-state index >= 15 is 0 Å². The summed E-state index contributed by atoms with van der Waals surface area (Å²) in [4.78, 5) is 19.1. The molecule has 0 saturated carbocycles. The van der Waals surface area contributed by atoms with Crippen molar-refractivity contribution in [3.63, 3.8) is 0 Å². The molecule has 0 fully saturated rings. The number of aromatic nitrogens is 2. The molecule has 3 aromatic rings. The van der Waals surface area contributed by atoms with Crippen LogP contribution in [-0.4, -0.2) is 29.8 Å². The normalized spacial score (nSPS) is 10.6. The number of alkyl carbamates (subject to hydrolysis) is 1. The van der Waals surface area contributed by atoms with E-state index in [1.54, 1.807) is 0 Å². The maximum absolute atomic E-state index is 11.2. The Bertz CT molecular complexity index is 933. The second-order valence-corrected chi connectivity index (χ2v) is 7.47. The van der Waals surface area contributed by atoms with Crippen molar-refractivity contribution in [3.05, 3.63) is 60.3 Å². The van der Waals surface area contributed by atoms with E-state index in [-0.39, 0.29) is 0 Å².